The van der Waals surface area contributed by atoms with E-state index in [-0.39, 0.29) is 6.10 Å². The van der Waals surface area contributed by atoms with Crippen LogP contribution in [0.5, 0.6) is 0 Å². The fourth-order valence-corrected chi connectivity index (χ4v) is 8.60. The largest absolute Gasteiger partial charge is 0.497 e. The van der Waals surface area contributed by atoms with E-state index in [0.717, 1.165) is 55.5 Å². The van der Waals surface area contributed by atoms with Crippen LogP contribution in [0.2, 0.25) is 0 Å². The quantitative estimate of drug-likeness (QED) is 0.539. The Bertz CT molecular complexity index is 718. The van der Waals surface area contributed by atoms with Crippen molar-refractivity contribution in [2.45, 2.75) is 98.0 Å². The molecule has 5 rings (SSSR count). The Morgan fingerprint density at radius 1 is 1.14 bits per heavy atom. The molecule has 5 aliphatic rings. The Kier molecular flexibility index (Phi) is 4.97. The molecule has 2 nitrogen and oxygen atoms in total. The number of rotatable bonds is 3. The minimum atomic E-state index is -0.0968. The van der Waals surface area contributed by atoms with Gasteiger partial charge in [0.2, 0.25) is 0 Å². The Morgan fingerprint density at radius 3 is 2.76 bits per heavy atom. The molecule has 3 saturated carbocycles. The second kappa shape index (κ2) is 7.14. The first-order valence-corrected chi connectivity index (χ1v) is 12.5. The van der Waals surface area contributed by atoms with E-state index in [0.29, 0.717) is 10.8 Å². The third-order valence-corrected chi connectivity index (χ3v) is 10.2. The molecular weight excluding hydrogens is 356 g/mol. The zero-order chi connectivity index (χ0) is 20.4. The first kappa shape index (κ1) is 20.2. The molecule has 1 heterocycles. The van der Waals surface area contributed by atoms with Crippen LogP contribution in [0.4, 0.5) is 0 Å². The van der Waals surface area contributed by atoms with Gasteiger partial charge in [0.1, 0.15) is 0 Å². The van der Waals surface area contributed by atoms with Crippen molar-refractivity contribution < 1.29 is 9.84 Å². The van der Waals surface area contributed by atoms with Gasteiger partial charge >= 0.3 is 0 Å². The van der Waals surface area contributed by atoms with Gasteiger partial charge in [0.25, 0.3) is 0 Å². The summed E-state index contributed by atoms with van der Waals surface area (Å²) < 4.78 is 6.57. The van der Waals surface area contributed by atoms with Crippen LogP contribution in [-0.4, -0.2) is 17.8 Å². The van der Waals surface area contributed by atoms with Crippen molar-refractivity contribution in [2.75, 3.05) is 6.61 Å². The molecule has 1 spiro atoms. The average Bonchev–Trinajstić information content (AvgIpc) is 3.08. The SMILES string of the molecule is CC1=C(CCC(C)C)OC[C@]23CC[C@H]4[C@@H](CC=C5C[C@@H](O)CC[C@@]54C)[C@@H]2CC[C@H]13. The lowest BCUT2D eigenvalue weighted by atomic mass is 9.46. The summed E-state index contributed by atoms with van der Waals surface area (Å²) in [5.41, 5.74) is 3.97. The molecule has 2 heteroatoms. The Hall–Kier alpha value is -0.760. The summed E-state index contributed by atoms with van der Waals surface area (Å²) in [6, 6.07) is 0. The minimum absolute atomic E-state index is 0.0968. The maximum Gasteiger partial charge on any atom is 0.0952 e. The fourth-order valence-electron chi connectivity index (χ4n) is 8.60. The maximum atomic E-state index is 10.2. The standard InChI is InChI=1S/C27H42O2/c1-17(2)5-10-25-18(3)22-8-9-24-21-7-6-19-15-20(28)11-13-26(19,4)23(21)12-14-27(22,24)16-29-25/h6,17,20-24,28H,5,7-16H2,1-4H3/t20-,21+,22+,23-,24-,26-,27-/m0/s1. The monoisotopic (exact) mass is 398 g/mol. The summed E-state index contributed by atoms with van der Waals surface area (Å²) in [4.78, 5) is 0. The molecule has 0 aromatic carbocycles. The lowest BCUT2D eigenvalue weighted by Crippen LogP contribution is -2.53. The highest BCUT2D eigenvalue weighted by atomic mass is 16.5. The van der Waals surface area contributed by atoms with Gasteiger partial charge in [0.15, 0.2) is 0 Å². The first-order valence-electron chi connectivity index (χ1n) is 12.5. The molecule has 0 aromatic heterocycles. The number of hydrogen-bond donors (Lipinski definition) is 1. The predicted molar refractivity (Wildman–Crippen MR) is 118 cm³/mol. The first-order chi connectivity index (χ1) is 13.8. The van der Waals surface area contributed by atoms with Gasteiger partial charge in [0, 0.05) is 11.8 Å². The van der Waals surface area contributed by atoms with Crippen LogP contribution in [-0.2, 0) is 4.74 Å². The second-order valence-electron chi connectivity index (χ2n) is 11.9. The molecule has 3 fully saturated rings. The molecule has 1 N–H and O–H groups in total. The van der Waals surface area contributed by atoms with E-state index in [1.807, 2.05) is 0 Å². The third-order valence-electron chi connectivity index (χ3n) is 10.2. The van der Waals surface area contributed by atoms with Crippen LogP contribution in [0.1, 0.15) is 91.9 Å². The zero-order valence-corrected chi connectivity index (χ0v) is 19.2. The molecule has 0 radical (unpaired) electrons. The summed E-state index contributed by atoms with van der Waals surface area (Å²) >= 11 is 0. The van der Waals surface area contributed by atoms with Crippen molar-refractivity contribution in [1.82, 2.24) is 0 Å². The van der Waals surface area contributed by atoms with Crippen molar-refractivity contribution in [2.24, 2.45) is 40.4 Å². The molecule has 0 aromatic rings. The van der Waals surface area contributed by atoms with Gasteiger partial charge in [-0.25, -0.2) is 0 Å². The number of aliphatic hydroxyl groups excluding tert-OH is 1. The fraction of sp³-hybridized carbons (Fsp3) is 0.852. The van der Waals surface area contributed by atoms with Gasteiger partial charge in [-0.3, -0.25) is 0 Å². The molecule has 0 saturated heterocycles. The van der Waals surface area contributed by atoms with Crippen molar-refractivity contribution in [3.8, 4) is 0 Å². The molecular formula is C27H42O2. The smallest absolute Gasteiger partial charge is 0.0952 e. The van der Waals surface area contributed by atoms with Gasteiger partial charge in [-0.2, -0.15) is 0 Å². The normalized spacial score (nSPS) is 46.4. The van der Waals surface area contributed by atoms with Gasteiger partial charge in [0.05, 0.1) is 18.5 Å². The Balaban J connectivity index is 1.41. The van der Waals surface area contributed by atoms with Crippen LogP contribution < -0.4 is 0 Å². The highest BCUT2D eigenvalue weighted by Crippen LogP contribution is 2.68. The highest BCUT2D eigenvalue weighted by Gasteiger charge is 2.62. The van der Waals surface area contributed by atoms with Gasteiger partial charge in [-0.1, -0.05) is 32.4 Å². The average molecular weight is 399 g/mol. The predicted octanol–water partition coefficient (Wildman–Crippen LogP) is 6.65. The molecule has 4 aliphatic carbocycles. The van der Waals surface area contributed by atoms with Crippen molar-refractivity contribution in [3.05, 3.63) is 23.0 Å². The highest BCUT2D eigenvalue weighted by molar-refractivity contribution is 5.28. The second-order valence-corrected chi connectivity index (χ2v) is 11.9. The number of ether oxygens (including phenoxy) is 1. The lowest BCUT2D eigenvalue weighted by Gasteiger charge is -2.59. The topological polar surface area (TPSA) is 29.5 Å². The van der Waals surface area contributed by atoms with Gasteiger partial charge < -0.3 is 9.84 Å². The van der Waals surface area contributed by atoms with Crippen LogP contribution in [0.3, 0.4) is 0 Å². The molecule has 0 amide bonds. The van der Waals surface area contributed by atoms with E-state index in [9.17, 15) is 5.11 Å². The van der Waals surface area contributed by atoms with Crippen LogP contribution >= 0.6 is 0 Å². The molecule has 0 bridgehead atoms. The number of aliphatic hydroxyl groups is 1. The summed E-state index contributed by atoms with van der Waals surface area (Å²) in [6.45, 7) is 10.6. The zero-order valence-electron chi connectivity index (χ0n) is 19.2. The van der Waals surface area contributed by atoms with E-state index >= 15 is 0 Å². The number of fused-ring (bicyclic) bond motifs is 4. The molecule has 1 aliphatic heterocycles. The number of allylic oxidation sites excluding steroid dienone is 3. The summed E-state index contributed by atoms with van der Waals surface area (Å²) in [5, 5.41) is 10.2. The Morgan fingerprint density at radius 2 is 1.97 bits per heavy atom. The van der Waals surface area contributed by atoms with Crippen LogP contribution in [0.25, 0.3) is 0 Å². The summed E-state index contributed by atoms with van der Waals surface area (Å²) in [6.07, 6.45) is 14.8. The van der Waals surface area contributed by atoms with Crippen LogP contribution in [0.15, 0.2) is 23.0 Å². The maximum absolute atomic E-state index is 10.2. The van der Waals surface area contributed by atoms with Crippen molar-refractivity contribution >= 4 is 0 Å². The van der Waals surface area contributed by atoms with E-state index in [1.54, 1.807) is 11.1 Å². The van der Waals surface area contributed by atoms with E-state index < -0.39 is 0 Å². The van der Waals surface area contributed by atoms with Crippen LogP contribution in [0, 0.1) is 40.4 Å². The Labute approximate surface area is 178 Å². The molecule has 0 unspecified atom stereocenters. The van der Waals surface area contributed by atoms with E-state index in [4.69, 9.17) is 4.74 Å². The van der Waals surface area contributed by atoms with E-state index in [1.165, 1.54) is 50.7 Å². The summed E-state index contributed by atoms with van der Waals surface area (Å²) in [5.74, 6) is 5.38. The van der Waals surface area contributed by atoms with Gasteiger partial charge in [-0.15, -0.1) is 0 Å². The molecule has 7 atom stereocenters. The lowest BCUT2D eigenvalue weighted by molar-refractivity contribution is -0.0920. The van der Waals surface area contributed by atoms with Gasteiger partial charge in [-0.05, 0) is 105 Å². The molecule has 29 heavy (non-hydrogen) atoms. The summed E-state index contributed by atoms with van der Waals surface area (Å²) in [7, 11) is 0. The third kappa shape index (κ3) is 2.99. The number of hydrogen-bond acceptors (Lipinski definition) is 2. The minimum Gasteiger partial charge on any atom is -0.497 e. The molecule has 162 valence electrons. The van der Waals surface area contributed by atoms with Crippen molar-refractivity contribution in [3.63, 3.8) is 0 Å². The van der Waals surface area contributed by atoms with E-state index in [2.05, 4.69) is 33.8 Å². The van der Waals surface area contributed by atoms with Crippen molar-refractivity contribution in [1.29, 1.82) is 0 Å².